The van der Waals surface area contributed by atoms with E-state index in [1.54, 1.807) is 24.3 Å². The second kappa shape index (κ2) is 9.55. The van der Waals surface area contributed by atoms with Crippen LogP contribution in [0.3, 0.4) is 0 Å². The van der Waals surface area contributed by atoms with Crippen LogP contribution in [0.5, 0.6) is 5.75 Å². The maximum atomic E-state index is 12.1. The van der Waals surface area contributed by atoms with Gasteiger partial charge >= 0.3 is 5.97 Å². The van der Waals surface area contributed by atoms with Gasteiger partial charge in [-0.3, -0.25) is 14.4 Å². The number of amides is 2. The van der Waals surface area contributed by atoms with Crippen molar-refractivity contribution in [1.82, 2.24) is 5.32 Å². The molecule has 0 aromatic heterocycles. The van der Waals surface area contributed by atoms with Crippen LogP contribution in [0.25, 0.3) is 0 Å². The normalized spacial score (nSPS) is 10.2. The number of rotatable bonds is 8. The maximum Gasteiger partial charge on any atom is 0.305 e. The highest BCUT2D eigenvalue weighted by atomic mass is 16.5. The zero-order valence-electron chi connectivity index (χ0n) is 16.2. The third-order valence-corrected chi connectivity index (χ3v) is 4.01. The van der Waals surface area contributed by atoms with Crippen molar-refractivity contribution in [2.45, 2.75) is 27.2 Å². The van der Waals surface area contributed by atoms with Crippen molar-refractivity contribution in [3.63, 3.8) is 0 Å². The first-order valence-electron chi connectivity index (χ1n) is 8.87. The Hall–Kier alpha value is -3.35. The minimum absolute atomic E-state index is 0.0574. The summed E-state index contributed by atoms with van der Waals surface area (Å²) in [5, 5.41) is 13.8. The zero-order chi connectivity index (χ0) is 20.7. The van der Waals surface area contributed by atoms with Crippen LogP contribution in [0.2, 0.25) is 0 Å². The molecule has 0 atom stereocenters. The molecule has 0 aliphatic rings. The number of carboxylic acid groups (broad SMARTS) is 1. The maximum absolute atomic E-state index is 12.1. The summed E-state index contributed by atoms with van der Waals surface area (Å²) in [5.41, 5.74) is 4.00. The van der Waals surface area contributed by atoms with E-state index in [4.69, 9.17) is 9.84 Å². The van der Waals surface area contributed by atoms with Crippen LogP contribution in [0.1, 0.15) is 33.5 Å². The molecule has 2 amide bonds. The lowest BCUT2D eigenvalue weighted by Gasteiger charge is -2.13. The van der Waals surface area contributed by atoms with Gasteiger partial charge in [0.1, 0.15) is 5.75 Å². The number of carbonyl (C=O) groups is 3. The molecule has 0 saturated heterocycles. The average molecular weight is 384 g/mol. The minimum Gasteiger partial charge on any atom is -0.483 e. The molecule has 0 unspecified atom stereocenters. The molecule has 0 fully saturated rings. The standard InChI is InChI=1S/C21H24N2O5/c1-13-10-14(2)20(15(3)11-13)28-12-18(24)23-17-6-4-16(5-7-17)21(27)22-9-8-19(25)26/h4-7,10-11H,8-9,12H2,1-3H3,(H,22,27)(H,23,24)(H,25,26). The fourth-order valence-corrected chi connectivity index (χ4v) is 2.82. The highest BCUT2D eigenvalue weighted by Gasteiger charge is 2.10. The summed E-state index contributed by atoms with van der Waals surface area (Å²) < 4.78 is 5.66. The number of aryl methyl sites for hydroxylation is 3. The topological polar surface area (TPSA) is 105 Å². The number of benzene rings is 2. The first-order chi connectivity index (χ1) is 13.3. The second-order valence-corrected chi connectivity index (χ2v) is 6.54. The molecule has 0 saturated carbocycles. The van der Waals surface area contributed by atoms with Crippen LogP contribution in [0.15, 0.2) is 36.4 Å². The fourth-order valence-electron chi connectivity index (χ4n) is 2.82. The monoisotopic (exact) mass is 384 g/mol. The SMILES string of the molecule is Cc1cc(C)c(OCC(=O)Nc2ccc(C(=O)NCCC(=O)O)cc2)c(C)c1. The van der Waals surface area contributed by atoms with E-state index in [0.717, 1.165) is 16.7 Å². The van der Waals surface area contributed by atoms with E-state index in [1.807, 2.05) is 32.9 Å². The van der Waals surface area contributed by atoms with Crippen molar-refractivity contribution < 1.29 is 24.2 Å². The number of nitrogens with one attached hydrogen (secondary N) is 2. The molecule has 0 spiro atoms. The molecule has 0 aliphatic heterocycles. The van der Waals surface area contributed by atoms with Gasteiger partial charge < -0.3 is 20.5 Å². The highest BCUT2D eigenvalue weighted by Crippen LogP contribution is 2.24. The smallest absolute Gasteiger partial charge is 0.305 e. The Balaban J connectivity index is 1.87. The summed E-state index contributed by atoms with van der Waals surface area (Å²) in [5.74, 6) is -0.948. The Labute approximate surface area is 163 Å². The molecule has 148 valence electrons. The number of ether oxygens (including phenoxy) is 1. The number of carboxylic acids is 1. The van der Waals surface area contributed by atoms with Gasteiger partial charge in [0.25, 0.3) is 11.8 Å². The van der Waals surface area contributed by atoms with Crippen LogP contribution in [-0.2, 0) is 9.59 Å². The summed E-state index contributed by atoms with van der Waals surface area (Å²) in [7, 11) is 0. The predicted molar refractivity (Wildman–Crippen MR) is 106 cm³/mol. The molecular formula is C21H24N2O5. The molecule has 0 radical (unpaired) electrons. The van der Waals surface area contributed by atoms with Gasteiger partial charge in [0.05, 0.1) is 6.42 Å². The molecular weight excluding hydrogens is 360 g/mol. The molecule has 28 heavy (non-hydrogen) atoms. The number of carbonyl (C=O) groups excluding carboxylic acids is 2. The lowest BCUT2D eigenvalue weighted by Crippen LogP contribution is -2.26. The van der Waals surface area contributed by atoms with Crippen molar-refractivity contribution in [3.05, 3.63) is 58.7 Å². The van der Waals surface area contributed by atoms with Gasteiger partial charge in [-0.15, -0.1) is 0 Å². The minimum atomic E-state index is -0.975. The number of anilines is 1. The Kier molecular flexibility index (Phi) is 7.14. The summed E-state index contributed by atoms with van der Waals surface area (Å²) >= 11 is 0. The van der Waals surface area contributed by atoms with E-state index in [2.05, 4.69) is 10.6 Å². The summed E-state index contributed by atoms with van der Waals surface area (Å²) in [6.07, 6.45) is -0.139. The Bertz CT molecular complexity index is 852. The van der Waals surface area contributed by atoms with Gasteiger partial charge in [0.2, 0.25) is 0 Å². The Morgan fingerprint density at radius 1 is 1.00 bits per heavy atom. The first-order valence-corrected chi connectivity index (χ1v) is 8.87. The molecule has 0 aliphatic carbocycles. The van der Waals surface area contributed by atoms with E-state index < -0.39 is 5.97 Å². The predicted octanol–water partition coefficient (Wildman–Crippen LogP) is 2.83. The number of hydrogen-bond acceptors (Lipinski definition) is 4. The van der Waals surface area contributed by atoms with Gasteiger partial charge in [0.15, 0.2) is 6.61 Å². The average Bonchev–Trinajstić information content (AvgIpc) is 2.61. The van der Waals surface area contributed by atoms with Crippen LogP contribution < -0.4 is 15.4 Å². The van der Waals surface area contributed by atoms with Crippen molar-refractivity contribution in [3.8, 4) is 5.75 Å². The van der Waals surface area contributed by atoms with E-state index in [0.29, 0.717) is 17.0 Å². The first kappa shape index (κ1) is 21.0. The third-order valence-electron chi connectivity index (χ3n) is 4.01. The van der Waals surface area contributed by atoms with Gasteiger partial charge in [-0.2, -0.15) is 0 Å². The highest BCUT2D eigenvalue weighted by molar-refractivity contribution is 5.96. The van der Waals surface area contributed by atoms with E-state index in [1.165, 1.54) is 0 Å². The van der Waals surface area contributed by atoms with Gasteiger partial charge in [0, 0.05) is 17.8 Å². The van der Waals surface area contributed by atoms with E-state index in [-0.39, 0.29) is 31.4 Å². The lowest BCUT2D eigenvalue weighted by molar-refractivity contribution is -0.136. The fraction of sp³-hybridized carbons (Fsp3) is 0.286. The summed E-state index contributed by atoms with van der Waals surface area (Å²) in [6, 6.07) is 10.3. The molecule has 2 aromatic carbocycles. The van der Waals surface area contributed by atoms with Crippen molar-refractivity contribution in [2.24, 2.45) is 0 Å². The van der Waals surface area contributed by atoms with Gasteiger partial charge in [-0.05, 0) is 56.2 Å². The molecule has 2 aromatic rings. The second-order valence-electron chi connectivity index (χ2n) is 6.54. The Morgan fingerprint density at radius 2 is 1.61 bits per heavy atom. The third kappa shape index (κ3) is 6.12. The summed E-state index contributed by atoms with van der Waals surface area (Å²) in [6.45, 7) is 5.82. The molecule has 7 nitrogen and oxygen atoms in total. The van der Waals surface area contributed by atoms with Gasteiger partial charge in [-0.1, -0.05) is 17.7 Å². The van der Waals surface area contributed by atoms with Gasteiger partial charge in [-0.25, -0.2) is 0 Å². The van der Waals surface area contributed by atoms with Crippen molar-refractivity contribution >= 4 is 23.5 Å². The van der Waals surface area contributed by atoms with E-state index in [9.17, 15) is 14.4 Å². The number of aliphatic carboxylic acids is 1. The molecule has 3 N–H and O–H groups in total. The van der Waals surface area contributed by atoms with Crippen molar-refractivity contribution in [1.29, 1.82) is 0 Å². The zero-order valence-corrected chi connectivity index (χ0v) is 16.2. The Morgan fingerprint density at radius 3 is 2.18 bits per heavy atom. The molecule has 2 rings (SSSR count). The largest absolute Gasteiger partial charge is 0.483 e. The van der Waals surface area contributed by atoms with Crippen LogP contribution in [-0.4, -0.2) is 36.0 Å². The van der Waals surface area contributed by atoms with Crippen molar-refractivity contribution in [2.75, 3.05) is 18.5 Å². The summed E-state index contributed by atoms with van der Waals surface area (Å²) in [4.78, 5) is 34.5. The molecule has 0 heterocycles. The molecule has 0 bridgehead atoms. The molecule has 7 heteroatoms. The van der Waals surface area contributed by atoms with E-state index >= 15 is 0 Å². The van der Waals surface area contributed by atoms with Crippen LogP contribution in [0, 0.1) is 20.8 Å². The van der Waals surface area contributed by atoms with Crippen LogP contribution in [0.4, 0.5) is 5.69 Å². The quantitative estimate of drug-likeness (QED) is 0.649. The van der Waals surface area contributed by atoms with Crippen LogP contribution >= 0.6 is 0 Å². The number of hydrogen-bond donors (Lipinski definition) is 3. The lowest BCUT2D eigenvalue weighted by atomic mass is 10.1.